The predicted octanol–water partition coefficient (Wildman–Crippen LogP) is 0.0908. The zero-order chi connectivity index (χ0) is 6.27. The molecule has 2 rings (SSSR count). The highest BCUT2D eigenvalue weighted by Crippen LogP contribution is 2.23. The lowest BCUT2D eigenvalue weighted by Crippen LogP contribution is -2.27. The van der Waals surface area contributed by atoms with Crippen LogP contribution in [0.25, 0.3) is 0 Å². The van der Waals surface area contributed by atoms with Crippen LogP contribution in [0, 0.1) is 0 Å². The van der Waals surface area contributed by atoms with Crippen LogP contribution in [0.1, 0.15) is 12.8 Å². The van der Waals surface area contributed by atoms with E-state index in [1.54, 1.807) is 0 Å². The van der Waals surface area contributed by atoms with Gasteiger partial charge < -0.3 is 9.47 Å². The second kappa shape index (κ2) is 1.78. The number of ketones is 1. The number of hydrogen-bond donors (Lipinski definition) is 0. The van der Waals surface area contributed by atoms with Crippen LogP contribution in [0.5, 0.6) is 0 Å². The van der Waals surface area contributed by atoms with Gasteiger partial charge >= 0.3 is 0 Å². The fraction of sp³-hybridized carbons (Fsp3) is 0.833. The molecule has 0 radical (unpaired) electrons. The van der Waals surface area contributed by atoms with Gasteiger partial charge in [-0.3, -0.25) is 4.79 Å². The molecule has 3 heteroatoms. The smallest absolute Gasteiger partial charge is 0.218 e. The third-order valence-electron chi connectivity index (χ3n) is 1.73. The lowest BCUT2D eigenvalue weighted by molar-refractivity contribution is -0.152. The molecule has 2 bridgehead atoms. The van der Waals surface area contributed by atoms with Crippen LogP contribution in [0.3, 0.4) is 0 Å². The van der Waals surface area contributed by atoms with Crippen molar-refractivity contribution in [3.8, 4) is 0 Å². The number of carbonyl (C=O) groups is 1. The maximum atomic E-state index is 10.8. The fourth-order valence-electron chi connectivity index (χ4n) is 1.19. The summed E-state index contributed by atoms with van der Waals surface area (Å²) in [5.74, 6) is 0.101. The molecule has 2 fully saturated rings. The summed E-state index contributed by atoms with van der Waals surface area (Å²) in [5.41, 5.74) is 0. The lowest BCUT2D eigenvalue weighted by atomic mass is 10.1. The highest BCUT2D eigenvalue weighted by molar-refractivity contribution is 5.82. The van der Waals surface area contributed by atoms with Gasteiger partial charge in [-0.2, -0.15) is 0 Å². The van der Waals surface area contributed by atoms with E-state index < -0.39 is 6.29 Å². The van der Waals surface area contributed by atoms with Crippen LogP contribution >= 0.6 is 0 Å². The van der Waals surface area contributed by atoms with Crippen molar-refractivity contribution >= 4 is 5.78 Å². The largest absolute Gasteiger partial charge is 0.343 e. The minimum absolute atomic E-state index is 0.101. The van der Waals surface area contributed by atoms with Gasteiger partial charge in [0, 0.05) is 6.42 Å². The molecule has 0 aliphatic carbocycles. The second-order valence-electron chi connectivity index (χ2n) is 2.43. The van der Waals surface area contributed by atoms with Crippen molar-refractivity contribution in [2.45, 2.75) is 25.2 Å². The molecule has 0 aromatic heterocycles. The highest BCUT2D eigenvalue weighted by atomic mass is 16.7. The summed E-state index contributed by atoms with van der Waals surface area (Å²) < 4.78 is 10.2. The fourth-order valence-corrected chi connectivity index (χ4v) is 1.19. The van der Waals surface area contributed by atoms with Crippen molar-refractivity contribution in [1.29, 1.82) is 0 Å². The van der Waals surface area contributed by atoms with E-state index in [0.29, 0.717) is 13.0 Å². The van der Waals surface area contributed by atoms with E-state index in [0.717, 1.165) is 6.42 Å². The Morgan fingerprint density at radius 3 is 3.22 bits per heavy atom. The Labute approximate surface area is 52.9 Å². The van der Waals surface area contributed by atoms with Crippen LogP contribution < -0.4 is 0 Å². The van der Waals surface area contributed by atoms with Crippen LogP contribution in [0.15, 0.2) is 0 Å². The van der Waals surface area contributed by atoms with Gasteiger partial charge in [-0.25, -0.2) is 0 Å². The van der Waals surface area contributed by atoms with E-state index in [-0.39, 0.29) is 11.9 Å². The molecule has 0 N–H and O–H groups in total. The summed E-state index contributed by atoms with van der Waals surface area (Å²) in [6.07, 6.45) is 1.17. The minimum Gasteiger partial charge on any atom is -0.343 e. The third-order valence-corrected chi connectivity index (χ3v) is 1.73. The molecule has 2 aliphatic rings. The summed E-state index contributed by atoms with van der Waals surface area (Å²) in [7, 11) is 0. The molecule has 2 saturated heterocycles. The molecule has 0 saturated carbocycles. The van der Waals surface area contributed by atoms with Gasteiger partial charge in [-0.05, 0) is 6.42 Å². The number of ether oxygens (including phenoxy) is 2. The first kappa shape index (κ1) is 5.38. The second-order valence-corrected chi connectivity index (χ2v) is 2.43. The summed E-state index contributed by atoms with van der Waals surface area (Å²) in [5, 5.41) is 0. The Hall–Kier alpha value is -0.410. The topological polar surface area (TPSA) is 35.5 Å². The lowest BCUT2D eigenvalue weighted by Gasteiger charge is -2.15. The molecular formula is C6H8O3. The van der Waals surface area contributed by atoms with Crippen LogP contribution in [0.4, 0.5) is 0 Å². The number of Topliss-reactive ketones (excluding diaryl/α,β-unsaturated/α-hetero) is 1. The molecule has 3 nitrogen and oxygen atoms in total. The number of hydrogen-bond acceptors (Lipinski definition) is 3. The molecule has 2 aliphatic heterocycles. The van der Waals surface area contributed by atoms with Crippen molar-refractivity contribution in [3.05, 3.63) is 0 Å². The Bertz CT molecular complexity index is 143. The van der Waals surface area contributed by atoms with Gasteiger partial charge in [-0.15, -0.1) is 0 Å². The van der Waals surface area contributed by atoms with Crippen molar-refractivity contribution in [2.24, 2.45) is 0 Å². The minimum atomic E-state index is -0.510. The first-order chi connectivity index (χ1) is 4.36. The molecular weight excluding hydrogens is 120 g/mol. The van der Waals surface area contributed by atoms with Gasteiger partial charge in [0.25, 0.3) is 0 Å². The first-order valence-corrected chi connectivity index (χ1v) is 3.16. The number of rotatable bonds is 0. The molecule has 1 unspecified atom stereocenters. The number of fused-ring (bicyclic) bond motifs is 2. The van der Waals surface area contributed by atoms with Gasteiger partial charge in [0.2, 0.25) is 6.29 Å². The zero-order valence-corrected chi connectivity index (χ0v) is 5.00. The van der Waals surface area contributed by atoms with E-state index in [1.807, 2.05) is 0 Å². The average molecular weight is 128 g/mol. The van der Waals surface area contributed by atoms with Crippen molar-refractivity contribution < 1.29 is 14.3 Å². The van der Waals surface area contributed by atoms with E-state index in [2.05, 4.69) is 0 Å². The van der Waals surface area contributed by atoms with Gasteiger partial charge in [0.15, 0.2) is 5.78 Å². The number of carbonyl (C=O) groups excluding carboxylic acids is 1. The summed E-state index contributed by atoms with van der Waals surface area (Å²) in [6.45, 7) is 0.608. The summed E-state index contributed by atoms with van der Waals surface area (Å²) in [6, 6.07) is 0. The van der Waals surface area contributed by atoms with Crippen molar-refractivity contribution in [1.82, 2.24) is 0 Å². The van der Waals surface area contributed by atoms with Crippen LogP contribution in [0.2, 0.25) is 0 Å². The van der Waals surface area contributed by atoms with Gasteiger partial charge in [0.05, 0.1) is 12.7 Å². The predicted molar refractivity (Wildman–Crippen MR) is 28.9 cm³/mol. The van der Waals surface area contributed by atoms with Gasteiger partial charge in [0.1, 0.15) is 0 Å². The third kappa shape index (κ3) is 0.767. The molecule has 0 aromatic rings. The van der Waals surface area contributed by atoms with E-state index in [9.17, 15) is 4.79 Å². The monoisotopic (exact) mass is 128 g/mol. The highest BCUT2D eigenvalue weighted by Gasteiger charge is 2.36. The maximum Gasteiger partial charge on any atom is 0.218 e. The maximum absolute atomic E-state index is 10.8. The Morgan fingerprint density at radius 1 is 1.56 bits per heavy atom. The zero-order valence-electron chi connectivity index (χ0n) is 5.00. The SMILES string of the molecule is O=C1CCC2CO[C@@H]1O2. The summed E-state index contributed by atoms with van der Waals surface area (Å²) >= 11 is 0. The molecule has 0 amide bonds. The van der Waals surface area contributed by atoms with E-state index >= 15 is 0 Å². The Morgan fingerprint density at radius 2 is 2.44 bits per heavy atom. The quantitative estimate of drug-likeness (QED) is 0.464. The Balaban J connectivity index is 2.14. The molecule has 50 valence electrons. The van der Waals surface area contributed by atoms with Crippen LogP contribution in [-0.2, 0) is 14.3 Å². The Kier molecular flexibility index (Phi) is 1.07. The molecule has 9 heavy (non-hydrogen) atoms. The molecule has 0 aromatic carbocycles. The van der Waals surface area contributed by atoms with Gasteiger partial charge in [-0.1, -0.05) is 0 Å². The van der Waals surface area contributed by atoms with Crippen molar-refractivity contribution in [3.63, 3.8) is 0 Å². The normalized spacial score (nSPS) is 41.6. The molecule has 2 heterocycles. The average Bonchev–Trinajstić information content (AvgIpc) is 2.25. The standard InChI is InChI=1S/C6H8O3/c7-5-2-1-4-3-8-6(5)9-4/h4,6H,1-3H2/t4?,6-/m1/s1. The van der Waals surface area contributed by atoms with Crippen LogP contribution in [-0.4, -0.2) is 24.8 Å². The molecule has 0 spiro atoms. The first-order valence-electron chi connectivity index (χ1n) is 3.16. The summed E-state index contributed by atoms with van der Waals surface area (Å²) in [4.78, 5) is 10.8. The van der Waals surface area contributed by atoms with Crippen molar-refractivity contribution in [2.75, 3.05) is 6.61 Å². The van der Waals surface area contributed by atoms with E-state index in [4.69, 9.17) is 9.47 Å². The molecule has 2 atom stereocenters. The van der Waals surface area contributed by atoms with E-state index in [1.165, 1.54) is 0 Å².